The molecule has 0 saturated heterocycles. The zero-order valence-corrected chi connectivity index (χ0v) is 12.1. The standard InChI is InChI=1S/C11H22N2O4S/c1-4-11(10-12)18(14,15)13(7-9-17-3)6-5-8-16-2/h11H,4-9H2,1-3H3. The monoisotopic (exact) mass is 278 g/mol. The smallest absolute Gasteiger partial charge is 0.230 e. The Balaban J connectivity index is 4.76. The van der Waals surface area contributed by atoms with Crippen LogP contribution >= 0.6 is 0 Å². The highest BCUT2D eigenvalue weighted by atomic mass is 32.2. The molecular weight excluding hydrogens is 256 g/mol. The van der Waals surface area contributed by atoms with E-state index in [0.717, 1.165) is 0 Å². The molecule has 0 bridgehead atoms. The molecule has 0 saturated carbocycles. The van der Waals surface area contributed by atoms with E-state index in [4.69, 9.17) is 14.7 Å². The van der Waals surface area contributed by atoms with Crippen molar-refractivity contribution in [1.82, 2.24) is 4.31 Å². The van der Waals surface area contributed by atoms with Gasteiger partial charge in [0.15, 0.2) is 5.25 Å². The van der Waals surface area contributed by atoms with Gasteiger partial charge in [-0.25, -0.2) is 8.42 Å². The molecule has 6 nitrogen and oxygen atoms in total. The van der Waals surface area contributed by atoms with Crippen LogP contribution in [0.2, 0.25) is 0 Å². The normalized spacial score (nSPS) is 13.5. The largest absolute Gasteiger partial charge is 0.385 e. The van der Waals surface area contributed by atoms with Gasteiger partial charge in [-0.15, -0.1) is 0 Å². The lowest BCUT2D eigenvalue weighted by molar-refractivity contribution is 0.164. The number of rotatable bonds is 10. The first-order chi connectivity index (χ1) is 8.54. The summed E-state index contributed by atoms with van der Waals surface area (Å²) < 4.78 is 35.5. The minimum atomic E-state index is -3.58. The van der Waals surface area contributed by atoms with Crippen LogP contribution in [-0.4, -0.2) is 58.5 Å². The van der Waals surface area contributed by atoms with Crippen molar-refractivity contribution in [3.63, 3.8) is 0 Å². The van der Waals surface area contributed by atoms with Gasteiger partial charge < -0.3 is 9.47 Å². The summed E-state index contributed by atoms with van der Waals surface area (Å²) in [5.41, 5.74) is 0. The molecule has 0 aliphatic rings. The summed E-state index contributed by atoms with van der Waals surface area (Å²) in [7, 11) is -0.496. The summed E-state index contributed by atoms with van der Waals surface area (Å²) in [5.74, 6) is 0. The van der Waals surface area contributed by atoms with E-state index in [1.807, 2.05) is 6.07 Å². The molecule has 0 spiro atoms. The van der Waals surface area contributed by atoms with Crippen molar-refractivity contribution in [2.75, 3.05) is 40.5 Å². The second-order valence-corrected chi connectivity index (χ2v) is 5.92. The van der Waals surface area contributed by atoms with Crippen molar-refractivity contribution < 1.29 is 17.9 Å². The fourth-order valence-corrected chi connectivity index (χ4v) is 3.12. The predicted octanol–water partition coefficient (Wildman–Crippen LogP) is 0.603. The minimum absolute atomic E-state index is 0.265. The highest BCUT2D eigenvalue weighted by molar-refractivity contribution is 7.90. The van der Waals surface area contributed by atoms with Gasteiger partial charge in [-0.3, -0.25) is 0 Å². The average molecular weight is 278 g/mol. The van der Waals surface area contributed by atoms with Gasteiger partial charge in [-0.1, -0.05) is 6.92 Å². The Morgan fingerprint density at radius 2 is 1.83 bits per heavy atom. The van der Waals surface area contributed by atoms with Crippen molar-refractivity contribution in [2.45, 2.75) is 25.0 Å². The van der Waals surface area contributed by atoms with E-state index >= 15 is 0 Å². The number of methoxy groups -OCH3 is 2. The number of sulfonamides is 1. The Bertz CT molecular complexity index is 351. The van der Waals surface area contributed by atoms with Gasteiger partial charge >= 0.3 is 0 Å². The van der Waals surface area contributed by atoms with Crippen LogP contribution in [0.15, 0.2) is 0 Å². The summed E-state index contributed by atoms with van der Waals surface area (Å²) in [6.07, 6.45) is 0.883. The van der Waals surface area contributed by atoms with Crippen LogP contribution in [0, 0.1) is 11.3 Å². The minimum Gasteiger partial charge on any atom is -0.385 e. The van der Waals surface area contributed by atoms with E-state index in [2.05, 4.69) is 0 Å². The third kappa shape index (κ3) is 5.31. The van der Waals surface area contributed by atoms with E-state index in [1.165, 1.54) is 11.4 Å². The molecule has 0 aliphatic heterocycles. The van der Waals surface area contributed by atoms with Crippen LogP contribution in [0.1, 0.15) is 19.8 Å². The number of nitriles is 1. The van der Waals surface area contributed by atoms with E-state index in [0.29, 0.717) is 26.2 Å². The second kappa shape index (κ2) is 9.28. The van der Waals surface area contributed by atoms with Crippen LogP contribution < -0.4 is 0 Å². The second-order valence-electron chi connectivity index (χ2n) is 3.81. The zero-order chi connectivity index (χ0) is 14.0. The van der Waals surface area contributed by atoms with E-state index in [-0.39, 0.29) is 13.0 Å². The predicted molar refractivity (Wildman–Crippen MR) is 68.6 cm³/mol. The molecule has 0 radical (unpaired) electrons. The number of ether oxygens (including phenoxy) is 2. The Labute approximate surface area is 110 Å². The Morgan fingerprint density at radius 3 is 2.28 bits per heavy atom. The molecule has 0 fully saturated rings. The molecule has 18 heavy (non-hydrogen) atoms. The van der Waals surface area contributed by atoms with Gasteiger partial charge in [0, 0.05) is 33.9 Å². The lowest BCUT2D eigenvalue weighted by Crippen LogP contribution is -2.40. The first-order valence-electron chi connectivity index (χ1n) is 5.91. The maximum atomic E-state index is 12.2. The molecule has 106 valence electrons. The first kappa shape index (κ1) is 17.3. The molecule has 0 aromatic carbocycles. The molecule has 1 atom stereocenters. The average Bonchev–Trinajstić information content (AvgIpc) is 2.34. The third-order valence-electron chi connectivity index (χ3n) is 2.54. The summed E-state index contributed by atoms with van der Waals surface area (Å²) in [4.78, 5) is 0. The van der Waals surface area contributed by atoms with Gasteiger partial charge in [0.25, 0.3) is 0 Å². The quantitative estimate of drug-likeness (QED) is 0.547. The number of hydrogen-bond donors (Lipinski definition) is 0. The van der Waals surface area contributed by atoms with Gasteiger partial charge in [-0.05, 0) is 12.8 Å². The first-order valence-corrected chi connectivity index (χ1v) is 7.41. The molecule has 1 unspecified atom stereocenters. The van der Waals surface area contributed by atoms with Gasteiger partial charge in [-0.2, -0.15) is 9.57 Å². The van der Waals surface area contributed by atoms with Crippen LogP contribution in [0.4, 0.5) is 0 Å². The molecule has 0 aliphatic carbocycles. The fraction of sp³-hybridized carbons (Fsp3) is 0.909. The van der Waals surface area contributed by atoms with Crippen molar-refractivity contribution in [3.05, 3.63) is 0 Å². The van der Waals surface area contributed by atoms with Gasteiger partial charge in [0.2, 0.25) is 10.0 Å². The van der Waals surface area contributed by atoms with Gasteiger partial charge in [0.05, 0.1) is 12.7 Å². The lowest BCUT2D eigenvalue weighted by Gasteiger charge is -2.23. The highest BCUT2D eigenvalue weighted by Gasteiger charge is 2.30. The van der Waals surface area contributed by atoms with Crippen molar-refractivity contribution in [1.29, 1.82) is 5.26 Å². The molecule has 0 N–H and O–H groups in total. The number of nitrogens with zero attached hydrogens (tertiary/aromatic N) is 2. The Kier molecular flexibility index (Phi) is 8.93. The Hall–Kier alpha value is -0.680. The maximum absolute atomic E-state index is 12.2. The summed E-state index contributed by atoms with van der Waals surface area (Å²) >= 11 is 0. The molecule has 0 rings (SSSR count). The van der Waals surface area contributed by atoms with Crippen LogP contribution in [-0.2, 0) is 19.5 Å². The van der Waals surface area contributed by atoms with Crippen LogP contribution in [0.25, 0.3) is 0 Å². The molecule has 0 aromatic rings. The summed E-state index contributed by atoms with van der Waals surface area (Å²) in [6.45, 7) is 3.10. The molecule has 0 amide bonds. The summed E-state index contributed by atoms with van der Waals surface area (Å²) in [6, 6.07) is 1.84. The van der Waals surface area contributed by atoms with E-state index < -0.39 is 15.3 Å². The van der Waals surface area contributed by atoms with E-state index in [9.17, 15) is 8.42 Å². The number of hydrogen-bond acceptors (Lipinski definition) is 5. The summed E-state index contributed by atoms with van der Waals surface area (Å²) in [5, 5.41) is 7.91. The molecular formula is C11H22N2O4S. The van der Waals surface area contributed by atoms with Gasteiger partial charge in [0.1, 0.15) is 0 Å². The molecule has 0 heterocycles. The topological polar surface area (TPSA) is 79.6 Å². The molecule has 7 heteroatoms. The lowest BCUT2D eigenvalue weighted by atomic mass is 10.4. The van der Waals surface area contributed by atoms with Crippen molar-refractivity contribution >= 4 is 10.0 Å². The molecule has 0 aromatic heterocycles. The van der Waals surface area contributed by atoms with Crippen molar-refractivity contribution in [3.8, 4) is 6.07 Å². The van der Waals surface area contributed by atoms with E-state index in [1.54, 1.807) is 14.0 Å². The van der Waals surface area contributed by atoms with Crippen LogP contribution in [0.5, 0.6) is 0 Å². The fourth-order valence-electron chi connectivity index (χ4n) is 1.49. The zero-order valence-electron chi connectivity index (χ0n) is 11.3. The Morgan fingerprint density at radius 1 is 1.22 bits per heavy atom. The van der Waals surface area contributed by atoms with Crippen LogP contribution in [0.3, 0.4) is 0 Å². The van der Waals surface area contributed by atoms with Crippen molar-refractivity contribution in [2.24, 2.45) is 0 Å². The maximum Gasteiger partial charge on any atom is 0.230 e. The third-order valence-corrected chi connectivity index (χ3v) is 4.78. The SMILES string of the molecule is CCC(C#N)S(=O)(=O)N(CCCOC)CCOC. The highest BCUT2D eigenvalue weighted by Crippen LogP contribution is 2.12.